The van der Waals surface area contributed by atoms with Crippen LogP contribution in [0.1, 0.15) is 44.2 Å². The van der Waals surface area contributed by atoms with E-state index in [0.717, 1.165) is 19.0 Å². The second-order valence-electron chi connectivity index (χ2n) is 10.2. The summed E-state index contributed by atoms with van der Waals surface area (Å²) in [7, 11) is -4.99. The molecule has 4 heterocycles. The van der Waals surface area contributed by atoms with E-state index in [0.29, 0.717) is 87.9 Å². The predicted molar refractivity (Wildman–Crippen MR) is 153 cm³/mol. The lowest BCUT2D eigenvalue weighted by Gasteiger charge is -2.28. The molecule has 0 radical (unpaired) electrons. The number of aromatic amines is 1. The second-order valence-corrected chi connectivity index (χ2v) is 11.5. The third-order valence-electron chi connectivity index (χ3n) is 7.60. The summed E-state index contributed by atoms with van der Waals surface area (Å²) in [5.74, 6) is 0.378. The summed E-state index contributed by atoms with van der Waals surface area (Å²) < 4.78 is 51.2. The van der Waals surface area contributed by atoms with E-state index in [1.165, 1.54) is 12.3 Å². The number of pyridine rings is 2. The molecule has 1 fully saturated rings. The summed E-state index contributed by atoms with van der Waals surface area (Å²) in [5.41, 5.74) is 3.04. The van der Waals surface area contributed by atoms with Gasteiger partial charge in [0.1, 0.15) is 16.3 Å². The number of ether oxygens (including phenoxy) is 2. The van der Waals surface area contributed by atoms with Gasteiger partial charge in [-0.25, -0.2) is 0 Å². The molecule has 3 aromatic heterocycles. The topological polar surface area (TPSA) is 127 Å². The summed E-state index contributed by atoms with van der Waals surface area (Å²) in [4.78, 5) is 21.0. The molecular formula is C30H27FN4O5S. The number of H-pyrrole nitrogens is 1. The first kappa shape index (κ1) is 26.9. The molecule has 0 spiro atoms. The normalized spacial score (nSPS) is 14.6. The van der Waals surface area contributed by atoms with Gasteiger partial charge in [-0.15, -0.1) is 3.89 Å². The van der Waals surface area contributed by atoms with E-state index in [-0.39, 0.29) is 11.5 Å². The first-order valence-electron chi connectivity index (χ1n) is 13.5. The van der Waals surface area contributed by atoms with Crippen molar-refractivity contribution in [3.05, 3.63) is 64.6 Å². The van der Waals surface area contributed by atoms with Crippen molar-refractivity contribution < 1.29 is 21.8 Å². The fraction of sp³-hybridized carbons (Fsp3) is 0.300. The van der Waals surface area contributed by atoms with Gasteiger partial charge in [0.15, 0.2) is 5.43 Å². The van der Waals surface area contributed by atoms with Crippen LogP contribution in [0.4, 0.5) is 3.89 Å². The fourth-order valence-electron chi connectivity index (χ4n) is 5.56. The maximum absolute atomic E-state index is 14.1. The highest BCUT2D eigenvalue weighted by Gasteiger charge is 2.25. The lowest BCUT2D eigenvalue weighted by molar-refractivity contribution is 0.0715. The number of halogens is 1. The molecule has 1 aliphatic rings. The van der Waals surface area contributed by atoms with E-state index in [4.69, 9.17) is 9.47 Å². The first-order valence-corrected chi connectivity index (χ1v) is 14.9. The lowest BCUT2D eigenvalue weighted by Crippen LogP contribution is -2.22. The van der Waals surface area contributed by atoms with Crippen molar-refractivity contribution in [2.24, 2.45) is 0 Å². The van der Waals surface area contributed by atoms with Crippen LogP contribution in [-0.4, -0.2) is 42.8 Å². The van der Waals surface area contributed by atoms with Gasteiger partial charge in [0, 0.05) is 53.7 Å². The minimum absolute atomic E-state index is 0.00626. The minimum Gasteiger partial charge on any atom is -0.493 e. The van der Waals surface area contributed by atoms with Gasteiger partial charge < -0.3 is 19.0 Å². The van der Waals surface area contributed by atoms with Crippen molar-refractivity contribution in [3.8, 4) is 22.9 Å². The number of nitrogens with one attached hydrogen (secondary N) is 1. The summed E-state index contributed by atoms with van der Waals surface area (Å²) in [5, 5.41) is 11.1. The maximum Gasteiger partial charge on any atom is 0.333 e. The number of benzene rings is 2. The highest BCUT2D eigenvalue weighted by Crippen LogP contribution is 2.39. The Morgan fingerprint density at radius 2 is 1.98 bits per heavy atom. The van der Waals surface area contributed by atoms with Gasteiger partial charge in [-0.1, -0.05) is 19.4 Å². The van der Waals surface area contributed by atoms with E-state index < -0.39 is 15.1 Å². The molecule has 0 bridgehead atoms. The Balaban J connectivity index is 1.71. The summed E-state index contributed by atoms with van der Waals surface area (Å²) in [6.07, 6.45) is 5.49. The number of aromatic nitrogens is 3. The molecule has 1 aliphatic heterocycles. The van der Waals surface area contributed by atoms with E-state index in [9.17, 15) is 22.4 Å². The molecule has 1 saturated heterocycles. The largest absolute Gasteiger partial charge is 0.493 e. The van der Waals surface area contributed by atoms with Gasteiger partial charge in [0.2, 0.25) is 0 Å². The van der Waals surface area contributed by atoms with Crippen molar-refractivity contribution in [1.29, 1.82) is 5.26 Å². The zero-order valence-corrected chi connectivity index (χ0v) is 23.1. The van der Waals surface area contributed by atoms with Gasteiger partial charge >= 0.3 is 10.2 Å². The zero-order chi connectivity index (χ0) is 28.7. The Bertz CT molecular complexity index is 2020. The summed E-state index contributed by atoms with van der Waals surface area (Å²) in [6.45, 7) is 3.53. The van der Waals surface area contributed by atoms with Crippen LogP contribution >= 0.6 is 0 Å². The van der Waals surface area contributed by atoms with Gasteiger partial charge in [-0.2, -0.15) is 13.7 Å². The molecule has 5 aromatic rings. The molecule has 0 atom stereocenters. The molecule has 0 aliphatic carbocycles. The second kappa shape index (κ2) is 10.6. The van der Waals surface area contributed by atoms with Crippen molar-refractivity contribution in [2.75, 3.05) is 19.8 Å². The van der Waals surface area contributed by atoms with Crippen molar-refractivity contribution in [1.82, 2.24) is 14.5 Å². The van der Waals surface area contributed by atoms with Crippen molar-refractivity contribution in [3.63, 3.8) is 0 Å². The summed E-state index contributed by atoms with van der Waals surface area (Å²) in [6, 6.07) is 12.1. The van der Waals surface area contributed by atoms with Crippen LogP contribution in [0.25, 0.3) is 44.0 Å². The Morgan fingerprint density at radius 3 is 2.71 bits per heavy atom. The average Bonchev–Trinajstić information content (AvgIpc) is 3.36. The van der Waals surface area contributed by atoms with Crippen LogP contribution in [0.2, 0.25) is 0 Å². The van der Waals surface area contributed by atoms with Crippen molar-refractivity contribution in [2.45, 2.75) is 43.5 Å². The monoisotopic (exact) mass is 574 g/mol. The molecule has 0 saturated carbocycles. The van der Waals surface area contributed by atoms with Crippen LogP contribution in [0.15, 0.2) is 58.5 Å². The number of rotatable bonds is 7. The van der Waals surface area contributed by atoms with E-state index in [1.807, 2.05) is 6.92 Å². The highest BCUT2D eigenvalue weighted by atomic mass is 32.3. The van der Waals surface area contributed by atoms with Crippen LogP contribution in [0.5, 0.6) is 5.75 Å². The molecule has 2 aromatic carbocycles. The van der Waals surface area contributed by atoms with Crippen molar-refractivity contribution >= 4 is 43.1 Å². The predicted octanol–water partition coefficient (Wildman–Crippen LogP) is 5.76. The Kier molecular flexibility index (Phi) is 6.97. The smallest absolute Gasteiger partial charge is 0.333 e. The quantitative estimate of drug-likeness (QED) is 0.193. The minimum atomic E-state index is -4.99. The first-order chi connectivity index (χ1) is 19.8. The number of nitrogens with zero attached hydrogens (tertiary/aromatic N) is 3. The van der Waals surface area contributed by atoms with Gasteiger partial charge in [0.25, 0.3) is 0 Å². The van der Waals surface area contributed by atoms with Gasteiger partial charge in [-0.3, -0.25) is 9.78 Å². The third kappa shape index (κ3) is 4.83. The Morgan fingerprint density at radius 1 is 1.17 bits per heavy atom. The number of unbranched alkanes of at least 4 members (excludes halogenated alkanes) is 1. The van der Waals surface area contributed by atoms with Gasteiger partial charge in [-0.05, 0) is 49.6 Å². The van der Waals surface area contributed by atoms with E-state index in [2.05, 4.69) is 20.6 Å². The third-order valence-corrected chi connectivity index (χ3v) is 8.38. The molecule has 41 heavy (non-hydrogen) atoms. The molecule has 11 heteroatoms. The Hall–Kier alpha value is -4.27. The molecule has 9 nitrogen and oxygen atoms in total. The number of fused-ring (bicyclic) bond motifs is 4. The van der Waals surface area contributed by atoms with Crippen LogP contribution in [0.3, 0.4) is 0 Å². The number of hydrogen-bond acceptors (Lipinski definition) is 7. The maximum atomic E-state index is 14.1. The van der Waals surface area contributed by atoms with Crippen LogP contribution in [-0.2, 0) is 15.0 Å². The average molecular weight is 575 g/mol. The molecule has 0 amide bonds. The molecular weight excluding hydrogens is 547 g/mol. The number of nitriles is 1. The summed E-state index contributed by atoms with van der Waals surface area (Å²) >= 11 is 0. The van der Waals surface area contributed by atoms with E-state index in [1.54, 1.807) is 30.3 Å². The Labute approximate surface area is 235 Å². The molecule has 0 unspecified atom stereocenters. The zero-order valence-electron chi connectivity index (χ0n) is 22.3. The van der Waals surface area contributed by atoms with E-state index >= 15 is 0 Å². The standard InChI is InChI=1S/C30H27FN4O5S/c1-2-3-8-40-27-14-24-26(13-23(27)19-12-21(17-33-16-19)41(31,37)38)35(20-6-9-39-10-7-20)30-28(29(24)36)22-5-4-18(15-32)11-25(22)34-30/h4-5,11-14,16-17,20,34H,2-3,6-10H2,1H3. The van der Waals surface area contributed by atoms with Gasteiger partial charge in [0.05, 0.1) is 34.5 Å². The number of hydrogen-bond donors (Lipinski definition) is 1. The molecule has 210 valence electrons. The van der Waals surface area contributed by atoms with Crippen LogP contribution in [0, 0.1) is 11.3 Å². The lowest BCUT2D eigenvalue weighted by atomic mass is 10.00. The molecule has 1 N–H and O–H groups in total. The SMILES string of the molecule is CCCCOc1cc2c(=O)c3c4ccc(C#N)cc4[nH]c3n(C3CCOCC3)c2cc1-c1cncc(S(=O)(=O)F)c1. The fourth-order valence-corrected chi connectivity index (χ4v) is 6.02. The highest BCUT2D eigenvalue weighted by molar-refractivity contribution is 7.86. The van der Waals surface area contributed by atoms with Crippen LogP contribution < -0.4 is 10.2 Å². The molecule has 6 rings (SSSR count).